The highest BCUT2D eigenvalue weighted by Crippen LogP contribution is 2.20. The first-order valence-electron chi connectivity index (χ1n) is 7.00. The Labute approximate surface area is 110 Å². The van der Waals surface area contributed by atoms with Crippen molar-refractivity contribution >= 4 is 10.9 Å². The van der Waals surface area contributed by atoms with Crippen LogP contribution in [-0.2, 0) is 0 Å². The molecule has 0 fully saturated rings. The zero-order valence-corrected chi connectivity index (χ0v) is 11.7. The van der Waals surface area contributed by atoms with Crippen molar-refractivity contribution in [1.82, 2.24) is 9.88 Å². The lowest BCUT2D eigenvalue weighted by Gasteiger charge is -2.16. The summed E-state index contributed by atoms with van der Waals surface area (Å²) in [5.74, 6) is 0. The second kappa shape index (κ2) is 6.05. The van der Waals surface area contributed by atoms with Gasteiger partial charge in [0, 0.05) is 24.3 Å². The van der Waals surface area contributed by atoms with Crippen molar-refractivity contribution in [3.8, 4) is 0 Å². The quantitative estimate of drug-likeness (QED) is 0.763. The van der Waals surface area contributed by atoms with Crippen molar-refractivity contribution in [2.75, 3.05) is 13.1 Å². The van der Waals surface area contributed by atoms with Gasteiger partial charge in [0.2, 0.25) is 0 Å². The summed E-state index contributed by atoms with van der Waals surface area (Å²) in [4.78, 5) is 0. The number of fused-ring (bicyclic) bond motifs is 1. The molecule has 2 heteroatoms. The number of nitrogens with zero attached hydrogens (tertiary/aromatic N) is 1. The summed E-state index contributed by atoms with van der Waals surface area (Å²) >= 11 is 0. The van der Waals surface area contributed by atoms with Gasteiger partial charge in [-0.15, -0.1) is 0 Å². The molecule has 2 rings (SSSR count). The first-order valence-corrected chi connectivity index (χ1v) is 7.00. The van der Waals surface area contributed by atoms with Gasteiger partial charge in [0.25, 0.3) is 0 Å². The minimum Gasteiger partial charge on any atom is -0.343 e. The van der Waals surface area contributed by atoms with Gasteiger partial charge in [-0.3, -0.25) is 0 Å². The molecule has 2 aromatic rings. The molecule has 1 atom stereocenters. The van der Waals surface area contributed by atoms with Crippen molar-refractivity contribution in [2.24, 2.45) is 0 Å². The van der Waals surface area contributed by atoms with Gasteiger partial charge in [0.1, 0.15) is 0 Å². The largest absolute Gasteiger partial charge is 0.343 e. The first kappa shape index (κ1) is 13.2. The number of hydrogen-bond acceptors (Lipinski definition) is 1. The molecule has 0 spiro atoms. The monoisotopic (exact) mass is 244 g/mol. The number of nitrogens with one attached hydrogen (secondary N) is 1. The highest BCUT2D eigenvalue weighted by molar-refractivity contribution is 5.80. The van der Waals surface area contributed by atoms with E-state index in [0.29, 0.717) is 6.04 Å². The van der Waals surface area contributed by atoms with Crippen LogP contribution in [0.3, 0.4) is 0 Å². The summed E-state index contributed by atoms with van der Waals surface area (Å²) in [6, 6.07) is 9.39. The van der Waals surface area contributed by atoms with Crippen LogP contribution in [-0.4, -0.2) is 17.7 Å². The van der Waals surface area contributed by atoms with Gasteiger partial charge in [-0.05, 0) is 50.4 Å². The molecule has 2 nitrogen and oxygen atoms in total. The van der Waals surface area contributed by atoms with E-state index in [1.165, 1.54) is 29.3 Å². The molecule has 1 unspecified atom stereocenters. The molecule has 1 N–H and O–H groups in total. The SMILES string of the molecule is CCCCNCC(C)n1ccc2cc(C)ccc21. The average Bonchev–Trinajstić information content (AvgIpc) is 2.77. The van der Waals surface area contributed by atoms with Gasteiger partial charge >= 0.3 is 0 Å². The Morgan fingerprint density at radius 3 is 2.89 bits per heavy atom. The minimum atomic E-state index is 0.502. The fourth-order valence-electron chi connectivity index (χ4n) is 2.38. The Morgan fingerprint density at radius 1 is 1.28 bits per heavy atom. The second-order valence-corrected chi connectivity index (χ2v) is 5.19. The molecule has 1 aromatic carbocycles. The fraction of sp³-hybridized carbons (Fsp3) is 0.500. The number of rotatable bonds is 6. The molecule has 1 heterocycles. The van der Waals surface area contributed by atoms with E-state index < -0.39 is 0 Å². The summed E-state index contributed by atoms with van der Waals surface area (Å²) < 4.78 is 2.37. The van der Waals surface area contributed by atoms with Crippen molar-refractivity contribution in [3.05, 3.63) is 36.0 Å². The number of unbranched alkanes of at least 4 members (excludes halogenated alkanes) is 1. The van der Waals surface area contributed by atoms with Crippen LogP contribution >= 0.6 is 0 Å². The van der Waals surface area contributed by atoms with Gasteiger partial charge in [0.15, 0.2) is 0 Å². The summed E-state index contributed by atoms with van der Waals surface area (Å²) in [7, 11) is 0. The van der Waals surface area contributed by atoms with E-state index >= 15 is 0 Å². The first-order chi connectivity index (χ1) is 8.72. The summed E-state index contributed by atoms with van der Waals surface area (Å²) in [6.07, 6.45) is 4.72. The van der Waals surface area contributed by atoms with Crippen LogP contribution in [0.4, 0.5) is 0 Å². The van der Waals surface area contributed by atoms with Crippen LogP contribution in [0, 0.1) is 6.92 Å². The number of aryl methyl sites for hydroxylation is 1. The Kier molecular flexibility index (Phi) is 4.43. The lowest BCUT2D eigenvalue weighted by molar-refractivity contribution is 0.500. The topological polar surface area (TPSA) is 17.0 Å². The van der Waals surface area contributed by atoms with Crippen LogP contribution in [0.2, 0.25) is 0 Å². The van der Waals surface area contributed by atoms with Crippen LogP contribution in [0.15, 0.2) is 30.5 Å². The van der Waals surface area contributed by atoms with Crippen LogP contribution < -0.4 is 5.32 Å². The lowest BCUT2D eigenvalue weighted by atomic mass is 10.2. The minimum absolute atomic E-state index is 0.502. The molecule has 98 valence electrons. The number of aromatic nitrogens is 1. The van der Waals surface area contributed by atoms with E-state index in [1.807, 2.05) is 0 Å². The normalized spacial score (nSPS) is 13.1. The van der Waals surface area contributed by atoms with Gasteiger partial charge in [-0.2, -0.15) is 0 Å². The van der Waals surface area contributed by atoms with E-state index in [1.54, 1.807) is 0 Å². The molecule has 0 bridgehead atoms. The molecule has 0 aliphatic rings. The summed E-state index contributed by atoms with van der Waals surface area (Å²) in [5.41, 5.74) is 2.67. The fourth-order valence-corrected chi connectivity index (χ4v) is 2.38. The lowest BCUT2D eigenvalue weighted by Crippen LogP contribution is -2.24. The molecular formula is C16H24N2. The van der Waals surface area contributed by atoms with E-state index in [0.717, 1.165) is 13.1 Å². The Hall–Kier alpha value is -1.28. The average molecular weight is 244 g/mol. The molecule has 1 aromatic heterocycles. The molecular weight excluding hydrogens is 220 g/mol. The third-order valence-electron chi connectivity index (χ3n) is 3.50. The Bertz CT molecular complexity index is 499. The molecule has 0 saturated heterocycles. The van der Waals surface area contributed by atoms with Crippen molar-refractivity contribution in [1.29, 1.82) is 0 Å². The van der Waals surface area contributed by atoms with E-state index in [4.69, 9.17) is 0 Å². The summed E-state index contributed by atoms with van der Waals surface area (Å²) in [5, 5.41) is 4.87. The molecule has 0 aliphatic heterocycles. The van der Waals surface area contributed by atoms with Gasteiger partial charge in [-0.1, -0.05) is 25.0 Å². The van der Waals surface area contributed by atoms with E-state index in [9.17, 15) is 0 Å². The highest BCUT2D eigenvalue weighted by Gasteiger charge is 2.07. The number of benzene rings is 1. The zero-order chi connectivity index (χ0) is 13.0. The summed E-state index contributed by atoms with van der Waals surface area (Å²) in [6.45, 7) is 8.81. The Morgan fingerprint density at radius 2 is 2.11 bits per heavy atom. The highest BCUT2D eigenvalue weighted by atomic mass is 15.0. The maximum Gasteiger partial charge on any atom is 0.0483 e. The predicted molar refractivity (Wildman–Crippen MR) is 79.2 cm³/mol. The Balaban J connectivity index is 2.06. The van der Waals surface area contributed by atoms with Crippen LogP contribution in [0.25, 0.3) is 10.9 Å². The molecule has 0 saturated carbocycles. The number of hydrogen-bond donors (Lipinski definition) is 1. The predicted octanol–water partition coefficient (Wildman–Crippen LogP) is 3.90. The van der Waals surface area contributed by atoms with Crippen molar-refractivity contribution in [2.45, 2.75) is 39.7 Å². The van der Waals surface area contributed by atoms with E-state index in [2.05, 4.69) is 61.1 Å². The maximum absolute atomic E-state index is 3.53. The van der Waals surface area contributed by atoms with Gasteiger partial charge in [0.05, 0.1) is 0 Å². The second-order valence-electron chi connectivity index (χ2n) is 5.19. The van der Waals surface area contributed by atoms with Gasteiger partial charge in [-0.25, -0.2) is 0 Å². The standard InChI is InChI=1S/C16H24N2/c1-4-5-9-17-12-14(3)18-10-8-15-11-13(2)6-7-16(15)18/h6-8,10-11,14,17H,4-5,9,12H2,1-3H3. The van der Waals surface area contributed by atoms with Crippen LogP contribution in [0.5, 0.6) is 0 Å². The maximum atomic E-state index is 3.53. The third kappa shape index (κ3) is 2.94. The molecule has 0 radical (unpaired) electrons. The molecule has 18 heavy (non-hydrogen) atoms. The van der Waals surface area contributed by atoms with Crippen molar-refractivity contribution in [3.63, 3.8) is 0 Å². The van der Waals surface area contributed by atoms with Gasteiger partial charge < -0.3 is 9.88 Å². The zero-order valence-electron chi connectivity index (χ0n) is 11.7. The molecule has 0 amide bonds. The van der Waals surface area contributed by atoms with E-state index in [-0.39, 0.29) is 0 Å². The smallest absolute Gasteiger partial charge is 0.0483 e. The third-order valence-corrected chi connectivity index (χ3v) is 3.50. The van der Waals surface area contributed by atoms with Crippen molar-refractivity contribution < 1.29 is 0 Å². The van der Waals surface area contributed by atoms with Crippen LogP contribution in [0.1, 0.15) is 38.3 Å². The molecule has 0 aliphatic carbocycles.